The lowest BCUT2D eigenvalue weighted by atomic mass is 9.82. The Kier molecular flexibility index (Phi) is 1.66. The van der Waals surface area contributed by atoms with Crippen molar-refractivity contribution in [2.45, 2.75) is 19.4 Å². The Labute approximate surface area is 62.4 Å². The van der Waals surface area contributed by atoms with Crippen LogP contribution in [-0.2, 0) is 0 Å². The zero-order valence-electron chi connectivity index (χ0n) is 6.56. The summed E-state index contributed by atoms with van der Waals surface area (Å²) in [6.07, 6.45) is 1.45. The molecule has 2 heterocycles. The molecule has 0 aliphatic carbocycles. The molecule has 58 valence electrons. The van der Waals surface area contributed by atoms with Crippen LogP contribution in [0.4, 0.5) is 0 Å². The van der Waals surface area contributed by atoms with E-state index >= 15 is 0 Å². The van der Waals surface area contributed by atoms with Crippen LogP contribution in [0.25, 0.3) is 0 Å². The van der Waals surface area contributed by atoms with Crippen LogP contribution in [0.5, 0.6) is 0 Å². The Morgan fingerprint density at radius 2 is 2.10 bits per heavy atom. The molecule has 2 nitrogen and oxygen atoms in total. The third-order valence-corrected chi connectivity index (χ3v) is 2.91. The van der Waals surface area contributed by atoms with Gasteiger partial charge in [-0.05, 0) is 44.8 Å². The quantitative estimate of drug-likeness (QED) is 0.502. The number of rotatable bonds is 0. The van der Waals surface area contributed by atoms with Gasteiger partial charge >= 0.3 is 0 Å². The molecule has 0 unspecified atom stereocenters. The van der Waals surface area contributed by atoms with E-state index in [1.165, 1.54) is 26.1 Å². The van der Waals surface area contributed by atoms with Gasteiger partial charge in [-0.3, -0.25) is 0 Å². The van der Waals surface area contributed by atoms with Crippen LogP contribution < -0.4 is 10.6 Å². The van der Waals surface area contributed by atoms with E-state index in [1.807, 2.05) is 0 Å². The van der Waals surface area contributed by atoms with E-state index < -0.39 is 0 Å². The fraction of sp³-hybridized carbons (Fsp3) is 1.00. The molecule has 2 aliphatic heterocycles. The molecule has 0 radical (unpaired) electrons. The first kappa shape index (κ1) is 6.62. The Balaban J connectivity index is 2.00. The van der Waals surface area contributed by atoms with Gasteiger partial charge in [-0.2, -0.15) is 0 Å². The summed E-state index contributed by atoms with van der Waals surface area (Å²) in [5.41, 5.74) is 0. The largest absolute Gasteiger partial charge is 0.316 e. The summed E-state index contributed by atoms with van der Waals surface area (Å²) >= 11 is 0. The van der Waals surface area contributed by atoms with Gasteiger partial charge in [-0.15, -0.1) is 0 Å². The third kappa shape index (κ3) is 1.06. The van der Waals surface area contributed by atoms with Crippen LogP contribution in [0.2, 0.25) is 0 Å². The van der Waals surface area contributed by atoms with Crippen molar-refractivity contribution in [1.82, 2.24) is 10.6 Å². The van der Waals surface area contributed by atoms with E-state index in [2.05, 4.69) is 17.6 Å². The normalized spacial score (nSPS) is 47.1. The molecule has 2 saturated heterocycles. The Morgan fingerprint density at radius 1 is 1.20 bits per heavy atom. The average Bonchev–Trinajstić information content (AvgIpc) is 1.99. The molecule has 0 amide bonds. The highest BCUT2D eigenvalue weighted by Crippen LogP contribution is 2.23. The van der Waals surface area contributed by atoms with Gasteiger partial charge < -0.3 is 10.6 Å². The second kappa shape index (κ2) is 2.51. The number of piperidine rings is 2. The highest BCUT2D eigenvalue weighted by molar-refractivity contribution is 4.88. The van der Waals surface area contributed by atoms with Crippen molar-refractivity contribution in [3.05, 3.63) is 0 Å². The summed E-state index contributed by atoms with van der Waals surface area (Å²) in [7, 11) is 0. The minimum atomic E-state index is 0.740. The molecule has 2 bridgehead atoms. The van der Waals surface area contributed by atoms with Crippen molar-refractivity contribution < 1.29 is 0 Å². The van der Waals surface area contributed by atoms with Crippen LogP contribution in [0.3, 0.4) is 0 Å². The highest BCUT2D eigenvalue weighted by atomic mass is 15.0. The zero-order valence-corrected chi connectivity index (χ0v) is 6.56. The summed E-state index contributed by atoms with van der Waals surface area (Å²) in [6, 6.07) is 0.740. The fourth-order valence-corrected chi connectivity index (χ4v) is 2.12. The van der Waals surface area contributed by atoms with Crippen molar-refractivity contribution >= 4 is 0 Å². The molecule has 2 aliphatic rings. The maximum atomic E-state index is 3.54. The predicted molar refractivity (Wildman–Crippen MR) is 41.9 cm³/mol. The number of nitrogens with one attached hydrogen (secondary N) is 2. The van der Waals surface area contributed by atoms with E-state index in [9.17, 15) is 0 Å². The van der Waals surface area contributed by atoms with E-state index in [4.69, 9.17) is 0 Å². The predicted octanol–water partition coefficient (Wildman–Crippen LogP) is 0.204. The Hall–Kier alpha value is -0.0800. The molecule has 3 atom stereocenters. The number of hydrogen-bond donors (Lipinski definition) is 2. The lowest BCUT2D eigenvalue weighted by Crippen LogP contribution is -2.53. The molecule has 10 heavy (non-hydrogen) atoms. The molecule has 2 N–H and O–H groups in total. The second-order valence-electron chi connectivity index (χ2n) is 3.72. The van der Waals surface area contributed by atoms with Gasteiger partial charge in [0, 0.05) is 6.04 Å². The molecule has 0 aromatic carbocycles. The van der Waals surface area contributed by atoms with Crippen LogP contribution in [-0.4, -0.2) is 25.7 Å². The van der Waals surface area contributed by atoms with Crippen molar-refractivity contribution in [3.8, 4) is 0 Å². The monoisotopic (exact) mass is 140 g/mol. The van der Waals surface area contributed by atoms with Crippen molar-refractivity contribution in [3.63, 3.8) is 0 Å². The summed E-state index contributed by atoms with van der Waals surface area (Å²) in [6.45, 7) is 5.99. The third-order valence-electron chi connectivity index (χ3n) is 2.91. The molecule has 2 heteroatoms. The first-order valence-corrected chi connectivity index (χ1v) is 4.30. The maximum absolute atomic E-state index is 3.54. The van der Waals surface area contributed by atoms with Gasteiger partial charge in [-0.1, -0.05) is 0 Å². The molecule has 0 aromatic rings. The maximum Gasteiger partial charge on any atom is 0.00793 e. The van der Waals surface area contributed by atoms with E-state index in [1.54, 1.807) is 0 Å². The van der Waals surface area contributed by atoms with Crippen molar-refractivity contribution in [2.24, 2.45) is 11.8 Å². The van der Waals surface area contributed by atoms with Crippen LogP contribution >= 0.6 is 0 Å². The molecule has 0 saturated carbocycles. The van der Waals surface area contributed by atoms with E-state index in [0.717, 1.165) is 17.9 Å². The van der Waals surface area contributed by atoms with Gasteiger partial charge in [0.05, 0.1) is 0 Å². The van der Waals surface area contributed by atoms with Crippen LogP contribution in [0.15, 0.2) is 0 Å². The summed E-state index contributed by atoms with van der Waals surface area (Å²) in [4.78, 5) is 0. The molecule has 0 spiro atoms. The first-order chi connectivity index (χ1) is 4.86. The number of hydrogen-bond acceptors (Lipinski definition) is 2. The smallest absolute Gasteiger partial charge is 0.00793 e. The van der Waals surface area contributed by atoms with E-state index in [-0.39, 0.29) is 0 Å². The minimum absolute atomic E-state index is 0.740. The first-order valence-electron chi connectivity index (χ1n) is 4.30. The SMILES string of the molecule is C[C@H]1NC[C@H]2CNC[C@@H]1C2. The second-order valence-corrected chi connectivity index (χ2v) is 3.72. The van der Waals surface area contributed by atoms with Crippen molar-refractivity contribution in [2.75, 3.05) is 19.6 Å². The number of fused-ring (bicyclic) bond motifs is 2. The Morgan fingerprint density at radius 3 is 2.90 bits per heavy atom. The average molecular weight is 140 g/mol. The Bertz CT molecular complexity index is 122. The van der Waals surface area contributed by atoms with Crippen LogP contribution in [0.1, 0.15) is 13.3 Å². The van der Waals surface area contributed by atoms with Gasteiger partial charge in [0.25, 0.3) is 0 Å². The van der Waals surface area contributed by atoms with Gasteiger partial charge in [0.2, 0.25) is 0 Å². The highest BCUT2D eigenvalue weighted by Gasteiger charge is 2.29. The van der Waals surface area contributed by atoms with Crippen molar-refractivity contribution in [1.29, 1.82) is 0 Å². The molecular formula is C8H16N2. The zero-order chi connectivity index (χ0) is 6.97. The summed E-state index contributed by atoms with van der Waals surface area (Å²) < 4.78 is 0. The fourth-order valence-electron chi connectivity index (χ4n) is 2.12. The van der Waals surface area contributed by atoms with Crippen LogP contribution in [0, 0.1) is 11.8 Å². The van der Waals surface area contributed by atoms with Gasteiger partial charge in [-0.25, -0.2) is 0 Å². The lowest BCUT2D eigenvalue weighted by Gasteiger charge is -2.39. The molecule has 2 fully saturated rings. The standard InChI is InChI=1S/C8H16N2/c1-6-8-2-7(4-10-6)3-9-5-8/h6-10H,2-5H2,1H3/t6-,7-,8+/m1/s1. The van der Waals surface area contributed by atoms with E-state index in [0.29, 0.717) is 0 Å². The molecule has 2 rings (SSSR count). The van der Waals surface area contributed by atoms with Gasteiger partial charge in [0.1, 0.15) is 0 Å². The molecular weight excluding hydrogens is 124 g/mol. The van der Waals surface area contributed by atoms with Gasteiger partial charge in [0.15, 0.2) is 0 Å². The minimum Gasteiger partial charge on any atom is -0.316 e. The summed E-state index contributed by atoms with van der Waals surface area (Å²) in [5, 5.41) is 7.02. The lowest BCUT2D eigenvalue weighted by molar-refractivity contribution is 0.179. The topological polar surface area (TPSA) is 24.1 Å². The molecule has 0 aromatic heterocycles. The summed E-state index contributed by atoms with van der Waals surface area (Å²) in [5.74, 6) is 1.81.